The second kappa shape index (κ2) is 9.95. The number of aldehydes is 1. The van der Waals surface area contributed by atoms with E-state index in [1.54, 1.807) is 41.0 Å². The molecule has 4 aromatic rings. The Labute approximate surface area is 234 Å². The van der Waals surface area contributed by atoms with Crippen LogP contribution in [0.3, 0.4) is 0 Å². The molecule has 6 rings (SSSR count). The molecule has 41 heavy (non-hydrogen) atoms. The molecule has 1 N–H and O–H groups in total. The summed E-state index contributed by atoms with van der Waals surface area (Å²) in [6.07, 6.45) is 1.01. The van der Waals surface area contributed by atoms with E-state index in [1.165, 1.54) is 6.33 Å². The zero-order valence-electron chi connectivity index (χ0n) is 23.0. The molecule has 4 heterocycles. The van der Waals surface area contributed by atoms with Gasteiger partial charge in [0.05, 0.1) is 47.5 Å². The molecule has 9 nitrogen and oxygen atoms in total. The van der Waals surface area contributed by atoms with E-state index in [0.717, 1.165) is 30.5 Å². The largest absolute Gasteiger partial charge is 0.416 e. The van der Waals surface area contributed by atoms with Crippen LogP contribution in [0, 0.1) is 17.3 Å². The van der Waals surface area contributed by atoms with Crippen LogP contribution in [0.2, 0.25) is 0 Å². The monoisotopic (exact) mass is 568 g/mol. The summed E-state index contributed by atoms with van der Waals surface area (Å²) in [5.74, 6) is -0.796. The molecule has 12 heteroatoms. The summed E-state index contributed by atoms with van der Waals surface area (Å²) in [4.78, 5) is 30.5. The summed E-state index contributed by atoms with van der Waals surface area (Å²) in [6.45, 7) is 6.50. The number of nitrogens with one attached hydrogen (secondary N) is 1. The van der Waals surface area contributed by atoms with Crippen molar-refractivity contribution in [2.45, 2.75) is 39.2 Å². The summed E-state index contributed by atoms with van der Waals surface area (Å²) < 4.78 is 51.3. The molecule has 3 unspecified atom stereocenters. The average molecular weight is 569 g/mol. The van der Waals surface area contributed by atoms with Crippen LogP contribution in [-0.4, -0.2) is 69.1 Å². The summed E-state index contributed by atoms with van der Waals surface area (Å²) >= 11 is 0. The zero-order valence-corrected chi connectivity index (χ0v) is 23.0. The van der Waals surface area contributed by atoms with Crippen molar-refractivity contribution in [1.82, 2.24) is 29.4 Å². The SMILES string of the molecule is CN(Cc1cc2c(-c3cc(C(F)(F)F)cc4ccn(CC5CNCCO5)c34)ncnn2c1)C(=O)C1C(C=O)C1(C)C. The number of rotatable bonds is 7. The number of morpholine rings is 1. The van der Waals surface area contributed by atoms with Crippen LogP contribution in [0.25, 0.3) is 27.7 Å². The van der Waals surface area contributed by atoms with Crippen LogP contribution < -0.4 is 5.32 Å². The maximum atomic E-state index is 14.0. The summed E-state index contributed by atoms with van der Waals surface area (Å²) in [7, 11) is 1.68. The highest BCUT2D eigenvalue weighted by molar-refractivity contribution is 5.98. The first-order valence-electron chi connectivity index (χ1n) is 13.5. The number of alkyl halides is 3. The summed E-state index contributed by atoms with van der Waals surface area (Å²) in [5.41, 5.74) is 1.42. The number of nitrogens with zero attached hydrogens (tertiary/aromatic N) is 5. The second-order valence-electron chi connectivity index (χ2n) is 11.6. The fraction of sp³-hybridized carbons (Fsp3) is 0.448. The molecule has 2 aliphatic rings. The Hall–Kier alpha value is -3.77. The van der Waals surface area contributed by atoms with Gasteiger partial charge in [-0.1, -0.05) is 13.8 Å². The lowest BCUT2D eigenvalue weighted by atomic mass is 10.0. The number of hydrogen-bond acceptors (Lipinski definition) is 6. The number of ether oxygens (including phenoxy) is 1. The number of hydrogen-bond donors (Lipinski definition) is 1. The molecule has 2 fully saturated rings. The molecule has 216 valence electrons. The molecule has 1 amide bonds. The van der Waals surface area contributed by atoms with E-state index in [-0.39, 0.29) is 35.8 Å². The minimum atomic E-state index is -4.54. The molecule has 1 aliphatic heterocycles. The summed E-state index contributed by atoms with van der Waals surface area (Å²) in [6, 6.07) is 5.77. The first-order chi connectivity index (χ1) is 19.5. The van der Waals surface area contributed by atoms with Crippen molar-refractivity contribution < 1.29 is 27.5 Å². The quantitative estimate of drug-likeness (QED) is 0.341. The topological polar surface area (TPSA) is 93.8 Å². The zero-order chi connectivity index (χ0) is 29.1. The molecule has 0 spiro atoms. The average Bonchev–Trinajstić information content (AvgIpc) is 3.23. The van der Waals surface area contributed by atoms with Gasteiger partial charge in [-0.25, -0.2) is 9.50 Å². The van der Waals surface area contributed by atoms with Gasteiger partial charge in [0.15, 0.2) is 0 Å². The Morgan fingerprint density at radius 3 is 2.78 bits per heavy atom. The number of amides is 1. The molecule has 1 aliphatic carbocycles. The Balaban J connectivity index is 1.39. The highest BCUT2D eigenvalue weighted by atomic mass is 19.4. The third-order valence-corrected chi connectivity index (χ3v) is 8.43. The molecule has 3 aromatic heterocycles. The molecule has 1 saturated heterocycles. The standard InChI is InChI=1S/C29H31F3N6O3/c1-28(2)22(15-39)24(28)27(40)36(3)12-17-8-23-25(34-16-35-38(23)13-17)21-10-19(29(30,31)32)9-18-4-6-37(26(18)21)14-20-11-33-5-7-41-20/h4,6,8-10,13,15-16,20,22,24,33H,5,7,11-12,14H2,1-3H3. The van der Waals surface area contributed by atoms with Gasteiger partial charge in [0.1, 0.15) is 12.6 Å². The van der Waals surface area contributed by atoms with Gasteiger partial charge in [-0.05, 0) is 35.2 Å². The highest BCUT2D eigenvalue weighted by Crippen LogP contribution is 2.57. The van der Waals surface area contributed by atoms with Gasteiger partial charge >= 0.3 is 6.18 Å². The van der Waals surface area contributed by atoms with Gasteiger partial charge in [-0.15, -0.1) is 0 Å². The van der Waals surface area contributed by atoms with Gasteiger partial charge in [0.25, 0.3) is 0 Å². The lowest BCUT2D eigenvalue weighted by Crippen LogP contribution is -2.40. The van der Waals surface area contributed by atoms with E-state index in [9.17, 15) is 22.8 Å². The van der Waals surface area contributed by atoms with Gasteiger partial charge < -0.3 is 24.3 Å². The van der Waals surface area contributed by atoms with Crippen LogP contribution in [0.1, 0.15) is 25.0 Å². The highest BCUT2D eigenvalue weighted by Gasteiger charge is 2.62. The van der Waals surface area contributed by atoms with Crippen molar-refractivity contribution in [3.05, 3.63) is 54.1 Å². The number of benzene rings is 1. The minimum Gasteiger partial charge on any atom is -0.374 e. The van der Waals surface area contributed by atoms with Crippen LogP contribution in [-0.2, 0) is 33.6 Å². The van der Waals surface area contributed by atoms with E-state index in [4.69, 9.17) is 4.74 Å². The second-order valence-corrected chi connectivity index (χ2v) is 11.6. The van der Waals surface area contributed by atoms with Gasteiger partial charge in [0, 0.05) is 55.9 Å². The van der Waals surface area contributed by atoms with Gasteiger partial charge in [-0.2, -0.15) is 18.3 Å². The third-order valence-electron chi connectivity index (χ3n) is 8.43. The third kappa shape index (κ3) is 4.88. The van der Waals surface area contributed by atoms with Crippen LogP contribution in [0.15, 0.2) is 43.0 Å². The van der Waals surface area contributed by atoms with Crippen molar-refractivity contribution in [3.63, 3.8) is 0 Å². The first kappa shape index (κ1) is 27.4. The van der Waals surface area contributed by atoms with Crippen molar-refractivity contribution in [1.29, 1.82) is 0 Å². The molecule has 1 aromatic carbocycles. The Morgan fingerprint density at radius 2 is 2.10 bits per heavy atom. The first-order valence-corrected chi connectivity index (χ1v) is 13.5. The fourth-order valence-corrected chi connectivity index (χ4v) is 6.07. The van der Waals surface area contributed by atoms with Crippen molar-refractivity contribution >= 4 is 28.6 Å². The molecule has 1 saturated carbocycles. The Morgan fingerprint density at radius 1 is 1.29 bits per heavy atom. The van der Waals surface area contributed by atoms with Gasteiger partial charge in [-0.3, -0.25) is 4.79 Å². The van der Waals surface area contributed by atoms with E-state index >= 15 is 0 Å². The number of carbonyl (C=O) groups is 2. The molecule has 0 radical (unpaired) electrons. The fourth-order valence-electron chi connectivity index (χ4n) is 6.07. The van der Waals surface area contributed by atoms with Crippen LogP contribution >= 0.6 is 0 Å². The Kier molecular flexibility index (Phi) is 6.65. The van der Waals surface area contributed by atoms with E-state index in [1.807, 2.05) is 18.4 Å². The minimum absolute atomic E-state index is 0.120. The van der Waals surface area contributed by atoms with E-state index in [2.05, 4.69) is 15.4 Å². The number of carbonyl (C=O) groups excluding carboxylic acids is 2. The Bertz CT molecular complexity index is 1640. The van der Waals surface area contributed by atoms with E-state index in [0.29, 0.717) is 47.4 Å². The lowest BCUT2D eigenvalue weighted by molar-refractivity contribution is -0.137. The molecule has 0 bridgehead atoms. The van der Waals surface area contributed by atoms with Gasteiger partial charge in [0.2, 0.25) is 5.91 Å². The lowest BCUT2D eigenvalue weighted by Gasteiger charge is -2.24. The van der Waals surface area contributed by atoms with Crippen molar-refractivity contribution in [2.75, 3.05) is 26.7 Å². The van der Waals surface area contributed by atoms with Crippen LogP contribution in [0.5, 0.6) is 0 Å². The summed E-state index contributed by atoms with van der Waals surface area (Å²) in [5, 5.41) is 8.02. The predicted octanol–water partition coefficient (Wildman–Crippen LogP) is 3.79. The maximum absolute atomic E-state index is 14.0. The molecule has 3 atom stereocenters. The molecular weight excluding hydrogens is 537 g/mol. The maximum Gasteiger partial charge on any atom is 0.416 e. The van der Waals surface area contributed by atoms with Crippen molar-refractivity contribution in [3.8, 4) is 11.3 Å². The van der Waals surface area contributed by atoms with Crippen LogP contribution in [0.4, 0.5) is 13.2 Å². The normalized spacial score (nSPS) is 22.2. The number of halogens is 3. The number of aromatic nitrogens is 4. The molecular formula is C29H31F3N6O3. The predicted molar refractivity (Wildman–Crippen MR) is 145 cm³/mol. The smallest absolute Gasteiger partial charge is 0.374 e. The van der Waals surface area contributed by atoms with E-state index < -0.39 is 11.7 Å². The van der Waals surface area contributed by atoms with Crippen molar-refractivity contribution in [2.24, 2.45) is 17.3 Å². The number of fused-ring (bicyclic) bond motifs is 2.